The maximum Gasteiger partial charge on any atom is 0.218 e. The molecule has 1 heterocycles. The fourth-order valence-corrected chi connectivity index (χ4v) is 2.06. The third-order valence-electron chi connectivity index (χ3n) is 2.71. The van der Waals surface area contributed by atoms with E-state index in [-0.39, 0.29) is 6.10 Å². The van der Waals surface area contributed by atoms with Crippen molar-refractivity contribution in [2.24, 2.45) is 5.92 Å². The first-order valence-corrected chi connectivity index (χ1v) is 7.33. The summed E-state index contributed by atoms with van der Waals surface area (Å²) in [6.45, 7) is 11.5. The molecule has 19 heavy (non-hydrogen) atoms. The zero-order chi connectivity index (χ0) is 14.3. The Morgan fingerprint density at radius 2 is 1.95 bits per heavy atom. The number of aryl methyl sites for hydroxylation is 1. The van der Waals surface area contributed by atoms with Crippen LogP contribution < -0.4 is 10.1 Å². The van der Waals surface area contributed by atoms with Crippen molar-refractivity contribution < 1.29 is 4.74 Å². The molecule has 0 fully saturated rings. The number of aromatic nitrogens is 2. The van der Waals surface area contributed by atoms with Crippen molar-refractivity contribution in [3.05, 3.63) is 11.9 Å². The van der Waals surface area contributed by atoms with Gasteiger partial charge in [0.1, 0.15) is 11.6 Å². The zero-order valence-corrected chi connectivity index (χ0v) is 12.9. The number of anilines is 1. The fraction of sp³-hybridized carbons (Fsp3) is 0.733. The van der Waals surface area contributed by atoms with E-state index in [1.165, 1.54) is 0 Å². The lowest BCUT2D eigenvalue weighted by Gasteiger charge is -2.17. The highest BCUT2D eigenvalue weighted by Crippen LogP contribution is 2.18. The molecule has 4 nitrogen and oxygen atoms in total. The van der Waals surface area contributed by atoms with Gasteiger partial charge in [0.25, 0.3) is 0 Å². The highest BCUT2D eigenvalue weighted by atomic mass is 16.5. The Labute approximate surface area is 117 Å². The van der Waals surface area contributed by atoms with Gasteiger partial charge in [-0.15, -0.1) is 0 Å². The van der Waals surface area contributed by atoms with E-state index >= 15 is 0 Å². The van der Waals surface area contributed by atoms with Gasteiger partial charge in [-0.25, -0.2) is 4.98 Å². The Bertz CT molecular complexity index is 355. The van der Waals surface area contributed by atoms with Gasteiger partial charge in [0.05, 0.1) is 6.10 Å². The molecule has 0 aliphatic heterocycles. The van der Waals surface area contributed by atoms with Gasteiger partial charge in [0, 0.05) is 19.0 Å². The number of nitrogens with zero attached hydrogens (tertiary/aromatic N) is 2. The van der Waals surface area contributed by atoms with Crippen LogP contribution in [0.5, 0.6) is 5.88 Å². The average Bonchev–Trinajstić information content (AvgIpc) is 2.28. The van der Waals surface area contributed by atoms with Gasteiger partial charge in [0.2, 0.25) is 5.88 Å². The second-order valence-electron chi connectivity index (χ2n) is 5.35. The maximum absolute atomic E-state index is 5.91. The van der Waals surface area contributed by atoms with Crippen LogP contribution in [0.3, 0.4) is 0 Å². The minimum atomic E-state index is 0.179. The van der Waals surface area contributed by atoms with E-state index in [1.54, 1.807) is 0 Å². The summed E-state index contributed by atoms with van der Waals surface area (Å²) in [7, 11) is 0. The highest BCUT2D eigenvalue weighted by molar-refractivity contribution is 5.38. The van der Waals surface area contributed by atoms with Crippen LogP contribution in [-0.4, -0.2) is 22.6 Å². The molecule has 0 aromatic carbocycles. The SMILES string of the molecule is CCCc1nc(NCC)cc(OC(C)CC(C)C)n1. The zero-order valence-electron chi connectivity index (χ0n) is 12.9. The number of hydrogen-bond acceptors (Lipinski definition) is 4. The van der Waals surface area contributed by atoms with Gasteiger partial charge < -0.3 is 10.1 Å². The lowest BCUT2D eigenvalue weighted by atomic mass is 10.1. The van der Waals surface area contributed by atoms with Crippen molar-refractivity contribution in [3.63, 3.8) is 0 Å². The summed E-state index contributed by atoms with van der Waals surface area (Å²) in [6.07, 6.45) is 3.13. The normalized spacial score (nSPS) is 12.5. The molecule has 1 aromatic heterocycles. The molecule has 0 saturated carbocycles. The van der Waals surface area contributed by atoms with Crippen LogP contribution in [0.15, 0.2) is 6.07 Å². The third-order valence-corrected chi connectivity index (χ3v) is 2.71. The maximum atomic E-state index is 5.91. The van der Waals surface area contributed by atoms with Crippen LogP contribution >= 0.6 is 0 Å². The van der Waals surface area contributed by atoms with Crippen molar-refractivity contribution in [2.75, 3.05) is 11.9 Å². The van der Waals surface area contributed by atoms with Crippen molar-refractivity contribution in [2.45, 2.75) is 60.0 Å². The summed E-state index contributed by atoms with van der Waals surface area (Å²) in [5.41, 5.74) is 0. The van der Waals surface area contributed by atoms with E-state index in [0.29, 0.717) is 11.8 Å². The van der Waals surface area contributed by atoms with Gasteiger partial charge >= 0.3 is 0 Å². The lowest BCUT2D eigenvalue weighted by Crippen LogP contribution is -2.16. The molecule has 1 atom stereocenters. The summed E-state index contributed by atoms with van der Waals surface area (Å²) in [5, 5.41) is 3.23. The van der Waals surface area contributed by atoms with E-state index in [9.17, 15) is 0 Å². The molecule has 4 heteroatoms. The highest BCUT2D eigenvalue weighted by Gasteiger charge is 2.10. The Morgan fingerprint density at radius 3 is 2.53 bits per heavy atom. The van der Waals surface area contributed by atoms with E-state index in [4.69, 9.17) is 4.74 Å². The molecule has 0 spiro atoms. The van der Waals surface area contributed by atoms with Crippen LogP contribution in [0.1, 0.15) is 53.3 Å². The summed E-state index contributed by atoms with van der Waals surface area (Å²) < 4.78 is 5.91. The van der Waals surface area contributed by atoms with Gasteiger partial charge in [-0.05, 0) is 32.6 Å². The predicted molar refractivity (Wildman–Crippen MR) is 79.7 cm³/mol. The molecule has 1 unspecified atom stereocenters. The van der Waals surface area contributed by atoms with Crippen LogP contribution in [0.25, 0.3) is 0 Å². The molecular formula is C15H27N3O. The summed E-state index contributed by atoms with van der Waals surface area (Å²) in [6, 6.07) is 1.89. The molecule has 0 bridgehead atoms. The number of nitrogens with one attached hydrogen (secondary N) is 1. The first kappa shape index (κ1) is 15.7. The first-order chi connectivity index (χ1) is 9.05. The van der Waals surface area contributed by atoms with E-state index in [2.05, 4.69) is 49.9 Å². The van der Waals surface area contributed by atoms with Crippen molar-refractivity contribution in [1.82, 2.24) is 9.97 Å². The predicted octanol–water partition coefficient (Wildman–Crippen LogP) is 3.67. The Balaban J connectivity index is 2.79. The summed E-state index contributed by atoms with van der Waals surface area (Å²) in [4.78, 5) is 8.96. The smallest absolute Gasteiger partial charge is 0.218 e. The van der Waals surface area contributed by atoms with Crippen molar-refractivity contribution in [1.29, 1.82) is 0 Å². The van der Waals surface area contributed by atoms with E-state index in [0.717, 1.165) is 37.4 Å². The minimum absolute atomic E-state index is 0.179. The molecular weight excluding hydrogens is 238 g/mol. The molecule has 0 radical (unpaired) electrons. The Morgan fingerprint density at radius 1 is 1.21 bits per heavy atom. The summed E-state index contributed by atoms with van der Waals surface area (Å²) in [5.74, 6) is 3.02. The molecule has 0 saturated heterocycles. The second kappa shape index (κ2) is 7.97. The van der Waals surface area contributed by atoms with E-state index < -0.39 is 0 Å². The van der Waals surface area contributed by atoms with E-state index in [1.807, 2.05) is 6.07 Å². The molecule has 0 aliphatic rings. The monoisotopic (exact) mass is 265 g/mol. The molecule has 0 aliphatic carbocycles. The Hall–Kier alpha value is -1.32. The minimum Gasteiger partial charge on any atom is -0.474 e. The van der Waals surface area contributed by atoms with Crippen molar-refractivity contribution in [3.8, 4) is 5.88 Å². The Kier molecular flexibility index (Phi) is 6.60. The lowest BCUT2D eigenvalue weighted by molar-refractivity contribution is 0.185. The number of rotatable bonds is 8. The first-order valence-electron chi connectivity index (χ1n) is 7.33. The van der Waals surface area contributed by atoms with Crippen LogP contribution in [0, 0.1) is 5.92 Å². The molecule has 0 amide bonds. The average molecular weight is 265 g/mol. The van der Waals surface area contributed by atoms with Gasteiger partial charge in [-0.2, -0.15) is 4.98 Å². The van der Waals surface area contributed by atoms with Crippen LogP contribution in [0.4, 0.5) is 5.82 Å². The third kappa shape index (κ3) is 5.90. The van der Waals surface area contributed by atoms with Crippen molar-refractivity contribution >= 4 is 5.82 Å². The molecule has 1 N–H and O–H groups in total. The number of ether oxygens (including phenoxy) is 1. The van der Waals surface area contributed by atoms with Crippen LogP contribution in [-0.2, 0) is 6.42 Å². The van der Waals surface area contributed by atoms with Gasteiger partial charge in [-0.3, -0.25) is 0 Å². The van der Waals surface area contributed by atoms with Gasteiger partial charge in [-0.1, -0.05) is 20.8 Å². The quantitative estimate of drug-likeness (QED) is 0.779. The second-order valence-corrected chi connectivity index (χ2v) is 5.35. The number of hydrogen-bond donors (Lipinski definition) is 1. The fourth-order valence-electron chi connectivity index (χ4n) is 2.06. The largest absolute Gasteiger partial charge is 0.474 e. The topological polar surface area (TPSA) is 47.0 Å². The standard InChI is InChI=1S/C15H27N3O/c1-6-8-13-17-14(16-7-2)10-15(18-13)19-12(5)9-11(3)4/h10-12H,6-9H2,1-5H3,(H,16,17,18). The summed E-state index contributed by atoms with van der Waals surface area (Å²) >= 11 is 0. The molecule has 1 aromatic rings. The molecule has 1 rings (SSSR count). The molecule has 108 valence electrons. The van der Waals surface area contributed by atoms with Gasteiger partial charge in [0.15, 0.2) is 0 Å². The van der Waals surface area contributed by atoms with Crippen LogP contribution in [0.2, 0.25) is 0 Å².